The summed E-state index contributed by atoms with van der Waals surface area (Å²) in [6, 6.07) is 2.02. The van der Waals surface area contributed by atoms with Crippen LogP contribution >= 0.6 is 0 Å². The molecule has 1 atom stereocenters. The number of hydrogen-bond donors (Lipinski definition) is 1. The molecule has 0 aromatic heterocycles. The lowest BCUT2D eigenvalue weighted by Crippen LogP contribution is -2.47. The third kappa shape index (κ3) is 3.93. The SMILES string of the molecule is COc1c(C(C)(C=O)NC(=O)OC(C)(C)C)ccc(F)c1F. The van der Waals surface area contributed by atoms with Crippen LogP contribution in [-0.2, 0) is 15.1 Å². The number of halogens is 2. The summed E-state index contributed by atoms with van der Waals surface area (Å²) >= 11 is 0. The van der Waals surface area contributed by atoms with E-state index in [4.69, 9.17) is 9.47 Å². The van der Waals surface area contributed by atoms with E-state index >= 15 is 0 Å². The van der Waals surface area contributed by atoms with E-state index in [2.05, 4.69) is 5.32 Å². The van der Waals surface area contributed by atoms with E-state index in [-0.39, 0.29) is 5.56 Å². The molecular formula is C15H19F2NO4. The van der Waals surface area contributed by atoms with Gasteiger partial charge < -0.3 is 19.6 Å². The number of rotatable bonds is 4. The highest BCUT2D eigenvalue weighted by molar-refractivity contribution is 5.79. The first kappa shape index (κ1) is 17.9. The third-order valence-electron chi connectivity index (χ3n) is 2.81. The molecule has 0 saturated carbocycles. The Morgan fingerprint density at radius 3 is 2.27 bits per heavy atom. The zero-order valence-corrected chi connectivity index (χ0v) is 13.1. The van der Waals surface area contributed by atoms with Gasteiger partial charge in [0.05, 0.1) is 7.11 Å². The van der Waals surface area contributed by atoms with Gasteiger partial charge in [-0.05, 0) is 39.8 Å². The normalized spacial score (nSPS) is 14.0. The van der Waals surface area contributed by atoms with Crippen molar-refractivity contribution in [1.29, 1.82) is 0 Å². The smallest absolute Gasteiger partial charge is 0.408 e. The first-order valence-corrected chi connectivity index (χ1v) is 6.54. The van der Waals surface area contributed by atoms with Gasteiger partial charge in [0.15, 0.2) is 11.6 Å². The van der Waals surface area contributed by atoms with Crippen molar-refractivity contribution >= 4 is 12.4 Å². The zero-order chi connectivity index (χ0) is 17.1. The van der Waals surface area contributed by atoms with Crippen LogP contribution in [0.25, 0.3) is 0 Å². The molecule has 1 aromatic carbocycles. The molecule has 5 nitrogen and oxygen atoms in total. The van der Waals surface area contributed by atoms with Crippen LogP contribution in [0.5, 0.6) is 5.75 Å². The summed E-state index contributed by atoms with van der Waals surface area (Å²) in [6.45, 7) is 6.30. The molecule has 0 saturated heterocycles. The zero-order valence-electron chi connectivity index (χ0n) is 13.1. The van der Waals surface area contributed by atoms with Crippen molar-refractivity contribution in [1.82, 2.24) is 5.32 Å². The molecular weight excluding hydrogens is 296 g/mol. The van der Waals surface area contributed by atoms with Crippen LogP contribution in [0.3, 0.4) is 0 Å². The van der Waals surface area contributed by atoms with Crippen LogP contribution in [0.4, 0.5) is 13.6 Å². The predicted octanol–water partition coefficient (Wildman–Crippen LogP) is 2.91. The summed E-state index contributed by atoms with van der Waals surface area (Å²) in [5.74, 6) is -2.81. The van der Waals surface area contributed by atoms with E-state index in [9.17, 15) is 18.4 Å². The maximum Gasteiger partial charge on any atom is 0.408 e. The Balaban J connectivity index is 3.22. The number of aldehydes is 1. The molecule has 7 heteroatoms. The Morgan fingerprint density at radius 1 is 1.23 bits per heavy atom. The van der Waals surface area contributed by atoms with Gasteiger partial charge in [0, 0.05) is 5.56 Å². The molecule has 1 aromatic rings. The summed E-state index contributed by atoms with van der Waals surface area (Å²) in [5, 5.41) is 2.34. The quantitative estimate of drug-likeness (QED) is 0.868. The highest BCUT2D eigenvalue weighted by Crippen LogP contribution is 2.32. The molecule has 1 rings (SSSR count). The van der Waals surface area contributed by atoms with Crippen LogP contribution in [0.2, 0.25) is 0 Å². The fraction of sp³-hybridized carbons (Fsp3) is 0.467. The molecule has 22 heavy (non-hydrogen) atoms. The Bertz CT molecular complexity index is 584. The number of alkyl carbamates (subject to hydrolysis) is 1. The first-order chi connectivity index (χ1) is 10.0. The number of carbonyl (C=O) groups excluding carboxylic acids is 2. The second-order valence-electron chi connectivity index (χ2n) is 5.89. The minimum atomic E-state index is -1.64. The van der Waals surface area contributed by atoms with E-state index in [1.54, 1.807) is 20.8 Å². The van der Waals surface area contributed by atoms with Crippen molar-refractivity contribution in [3.8, 4) is 5.75 Å². The molecule has 122 valence electrons. The standard InChI is InChI=1S/C15H19F2NO4/c1-14(2,3)22-13(20)18-15(4,8-19)9-6-7-10(16)11(17)12(9)21-5/h6-8H,1-5H3,(H,18,20). The van der Waals surface area contributed by atoms with E-state index < -0.39 is 34.6 Å². The van der Waals surface area contributed by atoms with Crippen molar-refractivity contribution in [2.24, 2.45) is 0 Å². The van der Waals surface area contributed by atoms with Gasteiger partial charge in [-0.25, -0.2) is 9.18 Å². The lowest BCUT2D eigenvalue weighted by molar-refractivity contribution is -0.113. The lowest BCUT2D eigenvalue weighted by Gasteiger charge is -2.29. The summed E-state index contributed by atoms with van der Waals surface area (Å²) < 4.78 is 36.9. The number of methoxy groups -OCH3 is 1. The van der Waals surface area contributed by atoms with Crippen molar-refractivity contribution in [2.75, 3.05) is 7.11 Å². The number of ether oxygens (including phenoxy) is 2. The molecule has 0 aliphatic heterocycles. The van der Waals surface area contributed by atoms with Gasteiger partial charge in [-0.15, -0.1) is 0 Å². The van der Waals surface area contributed by atoms with Crippen LogP contribution in [0.1, 0.15) is 33.3 Å². The molecule has 1 N–H and O–H groups in total. The largest absolute Gasteiger partial charge is 0.493 e. The highest BCUT2D eigenvalue weighted by Gasteiger charge is 2.35. The Morgan fingerprint density at radius 2 is 1.82 bits per heavy atom. The van der Waals surface area contributed by atoms with Crippen molar-refractivity contribution < 1.29 is 27.8 Å². The number of hydrogen-bond acceptors (Lipinski definition) is 4. The van der Waals surface area contributed by atoms with Gasteiger partial charge in [-0.2, -0.15) is 4.39 Å². The molecule has 0 radical (unpaired) electrons. The number of amides is 1. The van der Waals surface area contributed by atoms with Crippen molar-refractivity contribution in [2.45, 2.75) is 38.8 Å². The molecule has 1 unspecified atom stereocenters. The van der Waals surface area contributed by atoms with Gasteiger partial charge in [-0.1, -0.05) is 0 Å². The summed E-state index contributed by atoms with van der Waals surface area (Å²) in [5.41, 5.74) is -2.43. The van der Waals surface area contributed by atoms with Gasteiger partial charge >= 0.3 is 6.09 Å². The molecule has 0 spiro atoms. The van der Waals surface area contributed by atoms with Crippen molar-refractivity contribution in [3.63, 3.8) is 0 Å². The molecule has 0 aliphatic rings. The Hall–Kier alpha value is -2.18. The maximum atomic E-state index is 13.8. The highest BCUT2D eigenvalue weighted by atomic mass is 19.2. The van der Waals surface area contributed by atoms with E-state index in [1.807, 2.05) is 0 Å². The Kier molecular flexibility index (Phi) is 5.11. The first-order valence-electron chi connectivity index (χ1n) is 6.54. The average Bonchev–Trinajstić information content (AvgIpc) is 2.39. The van der Waals surface area contributed by atoms with Crippen LogP contribution < -0.4 is 10.1 Å². The fourth-order valence-electron chi connectivity index (χ4n) is 1.82. The van der Waals surface area contributed by atoms with Gasteiger partial charge in [0.1, 0.15) is 17.4 Å². The molecule has 0 aliphatic carbocycles. The third-order valence-corrected chi connectivity index (χ3v) is 2.81. The molecule has 0 bridgehead atoms. The number of carbonyl (C=O) groups is 2. The van der Waals surface area contributed by atoms with E-state index in [0.29, 0.717) is 6.29 Å². The summed E-state index contributed by atoms with van der Waals surface area (Å²) in [6.07, 6.45) is -0.472. The summed E-state index contributed by atoms with van der Waals surface area (Å²) in [4.78, 5) is 23.3. The van der Waals surface area contributed by atoms with Crippen LogP contribution in [-0.4, -0.2) is 25.1 Å². The minimum Gasteiger partial charge on any atom is -0.493 e. The second-order valence-corrected chi connectivity index (χ2v) is 5.89. The van der Waals surface area contributed by atoms with Gasteiger partial charge in [-0.3, -0.25) is 0 Å². The van der Waals surface area contributed by atoms with E-state index in [1.165, 1.54) is 13.0 Å². The number of nitrogens with one attached hydrogen (secondary N) is 1. The molecule has 0 fully saturated rings. The molecule has 1 amide bonds. The van der Waals surface area contributed by atoms with Gasteiger partial charge in [0.2, 0.25) is 5.82 Å². The predicted molar refractivity (Wildman–Crippen MR) is 75.7 cm³/mol. The Labute approximate surface area is 127 Å². The topological polar surface area (TPSA) is 64.6 Å². The lowest BCUT2D eigenvalue weighted by atomic mass is 9.92. The van der Waals surface area contributed by atoms with E-state index in [0.717, 1.165) is 13.2 Å². The maximum absolute atomic E-state index is 13.8. The number of benzene rings is 1. The minimum absolute atomic E-state index is 0.0187. The molecule has 0 heterocycles. The van der Waals surface area contributed by atoms with Crippen LogP contribution in [0, 0.1) is 11.6 Å². The monoisotopic (exact) mass is 315 g/mol. The summed E-state index contributed by atoms with van der Waals surface area (Å²) in [7, 11) is 1.14. The van der Waals surface area contributed by atoms with Crippen molar-refractivity contribution in [3.05, 3.63) is 29.3 Å². The van der Waals surface area contributed by atoms with Gasteiger partial charge in [0.25, 0.3) is 0 Å². The van der Waals surface area contributed by atoms with Crippen LogP contribution in [0.15, 0.2) is 12.1 Å². The fourth-order valence-corrected chi connectivity index (χ4v) is 1.82. The average molecular weight is 315 g/mol. The second kappa shape index (κ2) is 6.29.